The molecular weight excluding hydrogens is 698 g/mol. The maximum absolute atomic E-state index is 13.6. The van der Waals surface area contributed by atoms with Crippen molar-refractivity contribution in [3.05, 3.63) is 86.2 Å². The number of imide groups is 1. The maximum atomic E-state index is 13.6. The zero-order valence-corrected chi connectivity index (χ0v) is 30.5. The second-order valence-corrected chi connectivity index (χ2v) is 15.6. The summed E-state index contributed by atoms with van der Waals surface area (Å²) < 4.78 is 1.81. The molecule has 0 saturated carbocycles. The van der Waals surface area contributed by atoms with Gasteiger partial charge in [-0.15, -0.1) is 0 Å². The number of hydrogen-bond donors (Lipinski definition) is 2. The third-order valence-corrected chi connectivity index (χ3v) is 12.3. The first-order chi connectivity index (χ1) is 24.1. The van der Waals surface area contributed by atoms with Crippen LogP contribution in [0.2, 0.25) is 0 Å². The molecular formula is C38H46BrN7O4. The van der Waals surface area contributed by atoms with Gasteiger partial charge in [-0.1, -0.05) is 24.3 Å². The highest BCUT2D eigenvalue weighted by molar-refractivity contribution is 9.10. The van der Waals surface area contributed by atoms with Gasteiger partial charge in [0.05, 0.1) is 17.8 Å². The highest BCUT2D eigenvalue weighted by Gasteiger charge is 2.39. The molecule has 7 rings (SSSR count). The van der Waals surface area contributed by atoms with Gasteiger partial charge in [-0.2, -0.15) is 5.10 Å². The standard InChI is InChI=1S/C38H46BrN7O4/c1-43-23-28(21-29(24-43)41-32-22-40-44(2)37(50)34(32)39)25-3-5-27(6-4-25)36(49)46-19-15-38(16-20-46)13-17-45(18-14-38)30-9-7-26(8-10-30)31-11-12-33(47)42-35(31)48/h3-10,22,28-29,31,41H,11-21,23-24H2,1-2H3,(H,42,47,48)/t28-,29+,31+/m0/s1. The highest BCUT2D eigenvalue weighted by Crippen LogP contribution is 2.42. The van der Waals surface area contributed by atoms with Crippen LogP contribution in [-0.2, 0) is 16.6 Å². The van der Waals surface area contributed by atoms with Gasteiger partial charge in [0.25, 0.3) is 11.5 Å². The van der Waals surface area contributed by atoms with E-state index in [2.05, 4.69) is 72.8 Å². The predicted octanol–water partition coefficient (Wildman–Crippen LogP) is 4.49. The SMILES string of the molecule is CN1C[C@H](Nc2cnn(C)c(=O)c2Br)C[C@H](c2ccc(C(=O)N3CCC4(CC3)CCN(c3ccc([C@H]5CCC(=O)NC5=O)cc3)CC4)cc2)C1. The molecule has 4 saturated heterocycles. The number of piperidine rings is 4. The quantitative estimate of drug-likeness (QED) is 0.355. The van der Waals surface area contributed by atoms with Gasteiger partial charge in [0.15, 0.2) is 0 Å². The van der Waals surface area contributed by atoms with E-state index in [1.165, 1.54) is 15.9 Å². The molecule has 0 bridgehead atoms. The van der Waals surface area contributed by atoms with Crippen LogP contribution in [-0.4, -0.2) is 89.7 Å². The molecule has 4 aliphatic heterocycles. The summed E-state index contributed by atoms with van der Waals surface area (Å²) in [4.78, 5) is 56.5. The van der Waals surface area contributed by atoms with E-state index in [0.717, 1.165) is 82.5 Å². The molecule has 2 N–H and O–H groups in total. The van der Waals surface area contributed by atoms with Crippen LogP contribution < -0.4 is 21.1 Å². The molecule has 4 aliphatic rings. The lowest BCUT2D eigenvalue weighted by molar-refractivity contribution is -0.134. The average Bonchev–Trinajstić information content (AvgIpc) is 3.12. The van der Waals surface area contributed by atoms with E-state index < -0.39 is 0 Å². The average molecular weight is 745 g/mol. The number of anilines is 2. The number of carbonyl (C=O) groups excluding carboxylic acids is 3. The van der Waals surface area contributed by atoms with E-state index in [1.807, 2.05) is 29.2 Å². The second-order valence-electron chi connectivity index (χ2n) is 14.8. The van der Waals surface area contributed by atoms with E-state index in [1.54, 1.807) is 13.2 Å². The van der Waals surface area contributed by atoms with Crippen LogP contribution in [0.3, 0.4) is 0 Å². The Kier molecular flexibility index (Phi) is 9.85. The van der Waals surface area contributed by atoms with Crippen LogP contribution in [0.5, 0.6) is 0 Å². The van der Waals surface area contributed by atoms with Gasteiger partial charge in [-0.05, 0) is 108 Å². The van der Waals surface area contributed by atoms with E-state index in [9.17, 15) is 19.2 Å². The zero-order valence-electron chi connectivity index (χ0n) is 28.9. The van der Waals surface area contributed by atoms with Gasteiger partial charge in [-0.3, -0.25) is 24.5 Å². The van der Waals surface area contributed by atoms with Gasteiger partial charge in [0.2, 0.25) is 11.8 Å². The van der Waals surface area contributed by atoms with Crippen LogP contribution in [0.25, 0.3) is 0 Å². The third-order valence-electron chi connectivity index (χ3n) is 11.5. The third kappa shape index (κ3) is 7.23. The molecule has 50 heavy (non-hydrogen) atoms. The summed E-state index contributed by atoms with van der Waals surface area (Å²) in [5.41, 5.74) is 4.92. The summed E-state index contributed by atoms with van der Waals surface area (Å²) >= 11 is 3.43. The highest BCUT2D eigenvalue weighted by atomic mass is 79.9. The van der Waals surface area contributed by atoms with Crippen LogP contribution >= 0.6 is 15.9 Å². The number of nitrogens with zero attached hydrogens (tertiary/aromatic N) is 5. The molecule has 264 valence electrons. The zero-order chi connectivity index (χ0) is 35.0. The number of likely N-dealkylation sites (N-methyl/N-ethyl adjacent to an activating group) is 1. The van der Waals surface area contributed by atoms with Crippen LogP contribution in [0.15, 0.2) is 64.0 Å². The van der Waals surface area contributed by atoms with Crippen molar-refractivity contribution in [2.45, 2.75) is 62.8 Å². The Balaban J connectivity index is 0.901. The Labute approximate surface area is 301 Å². The van der Waals surface area contributed by atoms with Gasteiger partial charge >= 0.3 is 0 Å². The lowest BCUT2D eigenvalue weighted by Gasteiger charge is -2.47. The van der Waals surface area contributed by atoms with Crippen molar-refractivity contribution in [1.82, 2.24) is 24.9 Å². The monoisotopic (exact) mass is 743 g/mol. The molecule has 5 heterocycles. The Morgan fingerprint density at radius 3 is 2.24 bits per heavy atom. The molecule has 11 nitrogen and oxygen atoms in total. The smallest absolute Gasteiger partial charge is 0.282 e. The summed E-state index contributed by atoms with van der Waals surface area (Å²) in [6.45, 7) is 5.34. The number of benzene rings is 2. The minimum Gasteiger partial charge on any atom is -0.379 e. The molecule has 3 amide bonds. The van der Waals surface area contributed by atoms with Crippen molar-refractivity contribution in [3.63, 3.8) is 0 Å². The van der Waals surface area contributed by atoms with Gasteiger partial charge in [-0.25, -0.2) is 4.68 Å². The molecule has 4 fully saturated rings. The van der Waals surface area contributed by atoms with Crippen molar-refractivity contribution in [2.75, 3.05) is 56.5 Å². The van der Waals surface area contributed by atoms with Gasteiger partial charge in [0.1, 0.15) is 4.47 Å². The fraction of sp³-hybridized carbons (Fsp3) is 0.500. The fourth-order valence-corrected chi connectivity index (χ4v) is 8.90. The Morgan fingerprint density at radius 2 is 1.56 bits per heavy atom. The van der Waals surface area contributed by atoms with E-state index in [-0.39, 0.29) is 40.7 Å². The molecule has 0 aliphatic carbocycles. The summed E-state index contributed by atoms with van der Waals surface area (Å²) in [7, 11) is 3.75. The molecule has 1 spiro atoms. The molecule has 0 unspecified atom stereocenters. The van der Waals surface area contributed by atoms with Crippen LogP contribution in [0.1, 0.15) is 78.3 Å². The second kappa shape index (κ2) is 14.3. The predicted molar refractivity (Wildman–Crippen MR) is 196 cm³/mol. The number of amides is 3. The van der Waals surface area contributed by atoms with Crippen molar-refractivity contribution < 1.29 is 14.4 Å². The lowest BCUT2D eigenvalue weighted by atomic mass is 9.71. The van der Waals surface area contributed by atoms with Crippen molar-refractivity contribution in [3.8, 4) is 0 Å². The van der Waals surface area contributed by atoms with Crippen LogP contribution in [0.4, 0.5) is 11.4 Å². The largest absolute Gasteiger partial charge is 0.379 e. The van der Waals surface area contributed by atoms with E-state index >= 15 is 0 Å². The minimum absolute atomic E-state index is 0.114. The first kappa shape index (κ1) is 34.4. The fourth-order valence-electron chi connectivity index (χ4n) is 8.43. The Hall–Kier alpha value is -4.03. The summed E-state index contributed by atoms with van der Waals surface area (Å²) in [5.74, 6) is -0.223. The van der Waals surface area contributed by atoms with E-state index in [0.29, 0.717) is 28.9 Å². The Morgan fingerprint density at radius 1 is 0.900 bits per heavy atom. The Bertz CT molecular complexity index is 1790. The number of aryl methyl sites for hydroxylation is 1. The maximum Gasteiger partial charge on any atom is 0.282 e. The van der Waals surface area contributed by atoms with Gasteiger partial charge in [0, 0.05) is 70.0 Å². The topological polar surface area (TPSA) is 120 Å². The molecule has 3 atom stereocenters. The van der Waals surface area contributed by atoms with Crippen LogP contribution in [0, 0.1) is 5.41 Å². The molecule has 3 aromatic rings. The molecule has 1 aromatic heterocycles. The van der Waals surface area contributed by atoms with Crippen molar-refractivity contribution in [1.29, 1.82) is 0 Å². The normalized spacial score (nSPS) is 24.3. The number of halogens is 1. The van der Waals surface area contributed by atoms with Crippen molar-refractivity contribution >= 4 is 45.0 Å². The first-order valence-electron chi connectivity index (χ1n) is 17.8. The molecule has 2 aromatic carbocycles. The van der Waals surface area contributed by atoms with E-state index in [4.69, 9.17) is 0 Å². The minimum atomic E-state index is -0.257. The number of aromatic nitrogens is 2. The number of hydrogen-bond acceptors (Lipinski definition) is 8. The summed E-state index contributed by atoms with van der Waals surface area (Å²) in [5, 5.41) is 10.1. The van der Waals surface area contributed by atoms with Gasteiger partial charge < -0.3 is 20.0 Å². The van der Waals surface area contributed by atoms with Crippen molar-refractivity contribution in [2.24, 2.45) is 12.5 Å². The number of carbonyl (C=O) groups is 3. The first-order valence-corrected chi connectivity index (χ1v) is 18.6. The molecule has 0 radical (unpaired) electrons. The summed E-state index contributed by atoms with van der Waals surface area (Å²) in [6.07, 6.45) is 7.83. The number of nitrogens with one attached hydrogen (secondary N) is 2. The molecule has 12 heteroatoms. The number of likely N-dealkylation sites (tertiary alicyclic amines) is 2. The number of rotatable bonds is 6. The lowest BCUT2D eigenvalue weighted by Crippen LogP contribution is -2.48. The summed E-state index contributed by atoms with van der Waals surface area (Å²) in [6, 6.07) is 16.6.